The Balaban J connectivity index is 2.13. The summed E-state index contributed by atoms with van der Waals surface area (Å²) in [5, 5.41) is 0. The third-order valence-corrected chi connectivity index (χ3v) is 2.92. The molecule has 3 aromatic heterocycles. The summed E-state index contributed by atoms with van der Waals surface area (Å²) in [5.41, 5.74) is 0.769. The van der Waals surface area contributed by atoms with Gasteiger partial charge in [0.2, 0.25) is 0 Å². The average Bonchev–Trinajstić information content (AvgIpc) is 2.82. The van der Waals surface area contributed by atoms with E-state index in [-0.39, 0.29) is 0 Å². The normalized spacial score (nSPS) is 11.0. The van der Waals surface area contributed by atoms with Gasteiger partial charge in [0.15, 0.2) is 5.65 Å². The van der Waals surface area contributed by atoms with Gasteiger partial charge in [0.25, 0.3) is 5.56 Å². The summed E-state index contributed by atoms with van der Waals surface area (Å²) >= 11 is 0. The maximum atomic E-state index is 11.7. The fourth-order valence-electron chi connectivity index (χ4n) is 1.93. The first kappa shape index (κ1) is 11.4. The average molecular weight is 257 g/mol. The summed E-state index contributed by atoms with van der Waals surface area (Å²) in [6.07, 6.45) is 3.94. The van der Waals surface area contributed by atoms with Crippen LogP contribution in [0.4, 0.5) is 0 Å². The summed E-state index contributed by atoms with van der Waals surface area (Å²) in [4.78, 5) is 36.5. The Hall–Kier alpha value is -2.70. The molecule has 0 bridgehead atoms. The summed E-state index contributed by atoms with van der Waals surface area (Å²) in [6, 6.07) is 3.74. The first-order chi connectivity index (χ1) is 9.15. The third kappa shape index (κ3) is 1.95. The third-order valence-electron chi connectivity index (χ3n) is 2.92. The minimum Gasteiger partial charge on any atom is -0.336 e. The van der Waals surface area contributed by atoms with Crippen LogP contribution in [0.25, 0.3) is 11.2 Å². The lowest BCUT2D eigenvalue weighted by molar-refractivity contribution is 0.830. The molecule has 0 aliphatic rings. The zero-order valence-corrected chi connectivity index (χ0v) is 10.2. The van der Waals surface area contributed by atoms with Crippen LogP contribution >= 0.6 is 0 Å². The van der Waals surface area contributed by atoms with Gasteiger partial charge in [0, 0.05) is 25.9 Å². The molecule has 2 N–H and O–H groups in total. The number of aromatic nitrogens is 5. The van der Waals surface area contributed by atoms with E-state index in [4.69, 9.17) is 0 Å². The molecule has 7 nitrogen and oxygen atoms in total. The van der Waals surface area contributed by atoms with Crippen molar-refractivity contribution in [1.29, 1.82) is 0 Å². The Kier molecular flexibility index (Phi) is 2.52. The largest absolute Gasteiger partial charge is 0.336 e. The number of imidazole rings is 1. The van der Waals surface area contributed by atoms with E-state index >= 15 is 0 Å². The highest BCUT2D eigenvalue weighted by molar-refractivity contribution is 5.69. The number of fused-ring (bicyclic) bond motifs is 1. The summed E-state index contributed by atoms with van der Waals surface area (Å²) in [7, 11) is 1.57. The molecule has 3 aromatic rings. The highest BCUT2D eigenvalue weighted by Crippen LogP contribution is 2.08. The second-order valence-corrected chi connectivity index (χ2v) is 4.23. The van der Waals surface area contributed by atoms with E-state index in [2.05, 4.69) is 19.9 Å². The molecular formula is C12H11N5O2. The van der Waals surface area contributed by atoms with Crippen molar-refractivity contribution in [1.82, 2.24) is 24.5 Å². The molecule has 0 amide bonds. The standard InChI is InChI=1S/C12H11N5O2/c1-17-10-9(11(18)16-12(17)19)14-8(15-10)6-7-2-4-13-5-3-7/h2-5H,6H2,1H3,(H,14,15)(H,16,18,19). The van der Waals surface area contributed by atoms with Crippen molar-refractivity contribution >= 4 is 11.2 Å². The first-order valence-corrected chi connectivity index (χ1v) is 5.72. The Morgan fingerprint density at radius 1 is 1.21 bits per heavy atom. The van der Waals surface area contributed by atoms with E-state index in [9.17, 15) is 9.59 Å². The fourth-order valence-corrected chi connectivity index (χ4v) is 1.93. The van der Waals surface area contributed by atoms with Crippen LogP contribution < -0.4 is 11.2 Å². The van der Waals surface area contributed by atoms with Gasteiger partial charge in [-0.2, -0.15) is 0 Å². The van der Waals surface area contributed by atoms with Crippen molar-refractivity contribution < 1.29 is 0 Å². The SMILES string of the molecule is Cn1c(=O)[nH]c(=O)c2[nH]c(Cc3ccncc3)nc21. The Morgan fingerprint density at radius 2 is 1.95 bits per heavy atom. The molecule has 0 aliphatic heterocycles. The molecule has 7 heteroatoms. The number of hydrogen-bond acceptors (Lipinski definition) is 4. The van der Waals surface area contributed by atoms with Crippen molar-refractivity contribution in [2.45, 2.75) is 6.42 Å². The number of aromatic amines is 2. The molecule has 0 spiro atoms. The van der Waals surface area contributed by atoms with E-state index in [0.29, 0.717) is 23.4 Å². The van der Waals surface area contributed by atoms with Gasteiger partial charge in [-0.3, -0.25) is 19.3 Å². The first-order valence-electron chi connectivity index (χ1n) is 5.72. The molecule has 0 aromatic carbocycles. The second-order valence-electron chi connectivity index (χ2n) is 4.23. The van der Waals surface area contributed by atoms with Crippen LogP contribution in [0.2, 0.25) is 0 Å². The maximum Gasteiger partial charge on any atom is 0.329 e. The number of hydrogen-bond donors (Lipinski definition) is 2. The molecule has 0 fully saturated rings. The molecule has 96 valence electrons. The second kappa shape index (κ2) is 4.20. The minimum atomic E-state index is -0.473. The van der Waals surface area contributed by atoms with Gasteiger partial charge in [-0.1, -0.05) is 0 Å². The predicted octanol–water partition coefficient (Wildman–Crippen LogP) is -0.0643. The highest BCUT2D eigenvalue weighted by atomic mass is 16.2. The zero-order chi connectivity index (χ0) is 13.4. The summed E-state index contributed by atoms with van der Waals surface area (Å²) in [5.74, 6) is 0.632. The van der Waals surface area contributed by atoms with Crippen LogP contribution in [0.5, 0.6) is 0 Å². The van der Waals surface area contributed by atoms with E-state index in [1.54, 1.807) is 19.4 Å². The topological polar surface area (TPSA) is 96.4 Å². The number of pyridine rings is 1. The predicted molar refractivity (Wildman–Crippen MR) is 69.0 cm³/mol. The van der Waals surface area contributed by atoms with Gasteiger partial charge < -0.3 is 4.98 Å². The number of H-pyrrole nitrogens is 2. The minimum absolute atomic E-state index is 0.311. The van der Waals surface area contributed by atoms with Gasteiger partial charge in [-0.25, -0.2) is 9.78 Å². The molecule has 3 heterocycles. The molecule has 0 atom stereocenters. The molecule has 0 saturated heterocycles. The zero-order valence-electron chi connectivity index (χ0n) is 10.2. The number of rotatable bonds is 2. The van der Waals surface area contributed by atoms with Gasteiger partial charge in [0.1, 0.15) is 11.3 Å². The molecule has 3 rings (SSSR count). The van der Waals surface area contributed by atoms with Gasteiger partial charge in [0.05, 0.1) is 0 Å². The highest BCUT2D eigenvalue weighted by Gasteiger charge is 2.10. The van der Waals surface area contributed by atoms with Gasteiger partial charge in [-0.05, 0) is 17.7 Å². The molecular weight excluding hydrogens is 246 g/mol. The lowest BCUT2D eigenvalue weighted by Crippen LogP contribution is -2.28. The van der Waals surface area contributed by atoms with Crippen molar-refractivity contribution in [3.05, 3.63) is 56.8 Å². The van der Waals surface area contributed by atoms with E-state index in [0.717, 1.165) is 5.56 Å². The molecule has 0 unspecified atom stereocenters. The smallest absolute Gasteiger partial charge is 0.329 e. The van der Waals surface area contributed by atoms with Crippen molar-refractivity contribution in [2.24, 2.45) is 7.05 Å². The maximum absolute atomic E-state index is 11.7. The molecule has 0 aliphatic carbocycles. The Labute approximate surface area is 107 Å². The van der Waals surface area contributed by atoms with E-state index < -0.39 is 11.2 Å². The van der Waals surface area contributed by atoms with Crippen LogP contribution in [-0.2, 0) is 13.5 Å². The van der Waals surface area contributed by atoms with Crippen LogP contribution in [0, 0.1) is 0 Å². The van der Waals surface area contributed by atoms with Gasteiger partial charge in [-0.15, -0.1) is 0 Å². The molecule has 0 saturated carbocycles. The number of nitrogens with zero attached hydrogens (tertiary/aromatic N) is 3. The monoisotopic (exact) mass is 257 g/mol. The van der Waals surface area contributed by atoms with Crippen molar-refractivity contribution in [3.63, 3.8) is 0 Å². The molecule has 19 heavy (non-hydrogen) atoms. The lowest BCUT2D eigenvalue weighted by Gasteiger charge is -1.95. The van der Waals surface area contributed by atoms with Crippen LogP contribution in [-0.4, -0.2) is 24.5 Å². The summed E-state index contributed by atoms with van der Waals surface area (Å²) < 4.78 is 1.31. The fraction of sp³-hybridized carbons (Fsp3) is 0.167. The number of nitrogens with one attached hydrogen (secondary N) is 2. The Bertz CT molecular complexity index is 844. The number of aryl methyl sites for hydroxylation is 1. The van der Waals surface area contributed by atoms with Gasteiger partial charge >= 0.3 is 5.69 Å². The van der Waals surface area contributed by atoms with E-state index in [1.807, 2.05) is 12.1 Å². The van der Waals surface area contributed by atoms with Crippen LogP contribution in [0.15, 0.2) is 34.1 Å². The molecule has 0 radical (unpaired) electrons. The quantitative estimate of drug-likeness (QED) is 0.672. The van der Waals surface area contributed by atoms with Crippen molar-refractivity contribution in [2.75, 3.05) is 0 Å². The van der Waals surface area contributed by atoms with Crippen LogP contribution in [0.1, 0.15) is 11.4 Å². The van der Waals surface area contributed by atoms with E-state index in [1.165, 1.54) is 4.57 Å². The Morgan fingerprint density at radius 3 is 2.68 bits per heavy atom. The van der Waals surface area contributed by atoms with Crippen LogP contribution in [0.3, 0.4) is 0 Å². The van der Waals surface area contributed by atoms with Crippen molar-refractivity contribution in [3.8, 4) is 0 Å². The summed E-state index contributed by atoms with van der Waals surface area (Å²) in [6.45, 7) is 0. The lowest BCUT2D eigenvalue weighted by atomic mass is 10.2.